The fraction of sp³-hybridized carbons (Fsp3) is 0.300. The molecule has 0 saturated heterocycles. The number of amides is 1. The Kier molecular flexibility index (Phi) is 5.39. The topological polar surface area (TPSA) is 46.9 Å². The van der Waals surface area contributed by atoms with Crippen LogP contribution in [-0.4, -0.2) is 15.5 Å². The first kappa shape index (κ1) is 17.5. The largest absolute Gasteiger partial charge is 0.345 e. The lowest BCUT2D eigenvalue weighted by Crippen LogP contribution is -2.25. The van der Waals surface area contributed by atoms with E-state index in [1.165, 1.54) is 0 Å². The minimum absolute atomic E-state index is 0.148. The van der Waals surface area contributed by atoms with Crippen LogP contribution in [0.1, 0.15) is 36.5 Å². The third kappa shape index (κ3) is 4.20. The van der Waals surface area contributed by atoms with Gasteiger partial charge in [0.05, 0.1) is 17.6 Å². The molecule has 2 aromatic carbocycles. The number of fused-ring (bicyclic) bond motifs is 1. The van der Waals surface area contributed by atoms with Crippen molar-refractivity contribution >= 4 is 28.5 Å². The molecule has 1 N–H and O–H groups in total. The Labute approximate surface area is 152 Å². The predicted octanol–water partition coefficient (Wildman–Crippen LogP) is 4.67. The fourth-order valence-electron chi connectivity index (χ4n) is 2.79. The summed E-state index contributed by atoms with van der Waals surface area (Å²) >= 11 is 5.96. The first-order valence-electron chi connectivity index (χ1n) is 8.52. The van der Waals surface area contributed by atoms with Gasteiger partial charge in [-0.25, -0.2) is 4.98 Å². The number of aryl methyl sites for hydroxylation is 1. The quantitative estimate of drug-likeness (QED) is 0.698. The summed E-state index contributed by atoms with van der Waals surface area (Å²) in [6, 6.07) is 15.0. The maximum Gasteiger partial charge on any atom is 0.251 e. The number of halogens is 1. The van der Waals surface area contributed by atoms with Gasteiger partial charge >= 0.3 is 0 Å². The third-order valence-corrected chi connectivity index (χ3v) is 4.39. The molecule has 0 saturated carbocycles. The van der Waals surface area contributed by atoms with Crippen LogP contribution < -0.4 is 5.32 Å². The zero-order valence-corrected chi connectivity index (χ0v) is 15.3. The summed E-state index contributed by atoms with van der Waals surface area (Å²) in [6.07, 6.45) is 1.07. The number of carbonyl (C=O) groups is 1. The van der Waals surface area contributed by atoms with Gasteiger partial charge in [0, 0.05) is 17.1 Å². The number of para-hydroxylation sites is 2. The van der Waals surface area contributed by atoms with Gasteiger partial charge in [-0.2, -0.15) is 0 Å². The van der Waals surface area contributed by atoms with E-state index in [1.54, 1.807) is 24.3 Å². The van der Waals surface area contributed by atoms with Gasteiger partial charge in [-0.1, -0.05) is 43.6 Å². The Morgan fingerprint density at radius 2 is 2.00 bits per heavy atom. The number of benzene rings is 2. The lowest BCUT2D eigenvalue weighted by atomic mass is 10.1. The van der Waals surface area contributed by atoms with Crippen LogP contribution in [0.3, 0.4) is 0 Å². The number of hydrogen-bond donors (Lipinski definition) is 1. The van der Waals surface area contributed by atoms with Crippen LogP contribution >= 0.6 is 11.6 Å². The monoisotopic (exact) mass is 355 g/mol. The van der Waals surface area contributed by atoms with Crippen molar-refractivity contribution in [3.63, 3.8) is 0 Å². The van der Waals surface area contributed by atoms with E-state index in [2.05, 4.69) is 29.8 Å². The highest BCUT2D eigenvalue weighted by atomic mass is 35.5. The first-order valence-corrected chi connectivity index (χ1v) is 8.90. The Morgan fingerprint density at radius 1 is 1.20 bits per heavy atom. The number of hydrogen-bond acceptors (Lipinski definition) is 2. The van der Waals surface area contributed by atoms with Gasteiger partial charge in [-0.15, -0.1) is 0 Å². The van der Waals surface area contributed by atoms with Gasteiger partial charge in [-0.05, 0) is 42.7 Å². The molecule has 5 heteroatoms. The van der Waals surface area contributed by atoms with E-state index in [4.69, 9.17) is 16.6 Å². The van der Waals surface area contributed by atoms with E-state index in [-0.39, 0.29) is 5.91 Å². The molecule has 4 nitrogen and oxygen atoms in total. The van der Waals surface area contributed by atoms with Crippen molar-refractivity contribution < 1.29 is 4.79 Å². The minimum Gasteiger partial charge on any atom is -0.345 e. The van der Waals surface area contributed by atoms with Crippen molar-refractivity contribution in [3.8, 4) is 0 Å². The van der Waals surface area contributed by atoms with Crippen molar-refractivity contribution in [1.29, 1.82) is 0 Å². The van der Waals surface area contributed by atoms with E-state index < -0.39 is 0 Å². The molecule has 0 aliphatic heterocycles. The number of rotatable bonds is 6. The summed E-state index contributed by atoms with van der Waals surface area (Å²) in [5, 5.41) is 3.50. The van der Waals surface area contributed by atoms with Crippen LogP contribution in [0.5, 0.6) is 0 Å². The summed E-state index contributed by atoms with van der Waals surface area (Å²) in [5.41, 5.74) is 2.62. The van der Waals surface area contributed by atoms with Crippen LogP contribution in [-0.2, 0) is 13.1 Å². The summed E-state index contributed by atoms with van der Waals surface area (Å²) in [6.45, 7) is 5.69. The maximum atomic E-state index is 12.4. The molecule has 1 heterocycles. The molecule has 0 bridgehead atoms. The Bertz CT molecular complexity index is 886. The molecule has 0 spiro atoms. The molecule has 130 valence electrons. The second-order valence-electron chi connectivity index (χ2n) is 6.54. The maximum absolute atomic E-state index is 12.4. The molecular weight excluding hydrogens is 334 g/mol. The van der Waals surface area contributed by atoms with Crippen molar-refractivity contribution in [1.82, 2.24) is 14.9 Å². The summed E-state index contributed by atoms with van der Waals surface area (Å²) in [5.74, 6) is 1.33. The van der Waals surface area contributed by atoms with Crippen LogP contribution in [0, 0.1) is 5.92 Å². The smallest absolute Gasteiger partial charge is 0.251 e. The molecular formula is C20H22ClN3O. The van der Waals surface area contributed by atoms with Gasteiger partial charge in [0.2, 0.25) is 0 Å². The van der Waals surface area contributed by atoms with E-state index in [0.29, 0.717) is 23.0 Å². The van der Waals surface area contributed by atoms with Crippen LogP contribution in [0.15, 0.2) is 48.5 Å². The molecule has 1 amide bonds. The minimum atomic E-state index is -0.148. The number of carbonyl (C=O) groups excluding carboxylic acids is 1. The highest BCUT2D eigenvalue weighted by Gasteiger charge is 2.13. The SMILES string of the molecule is CC(C)CCn1c(CNC(=O)c2cccc(Cl)c2)nc2ccccc21. The number of imidazole rings is 1. The molecule has 0 radical (unpaired) electrons. The molecule has 3 aromatic rings. The normalized spacial score (nSPS) is 11.2. The van der Waals surface area contributed by atoms with Crippen LogP contribution in [0.2, 0.25) is 5.02 Å². The molecule has 0 unspecified atom stereocenters. The second kappa shape index (κ2) is 7.70. The Balaban J connectivity index is 1.80. The van der Waals surface area contributed by atoms with Crippen molar-refractivity contribution in [2.24, 2.45) is 5.92 Å². The van der Waals surface area contributed by atoms with Crippen LogP contribution in [0.4, 0.5) is 0 Å². The molecule has 1 aromatic heterocycles. The molecule has 0 aliphatic rings. The molecule has 0 aliphatic carbocycles. The summed E-state index contributed by atoms with van der Waals surface area (Å²) < 4.78 is 2.20. The zero-order valence-electron chi connectivity index (χ0n) is 14.5. The molecule has 25 heavy (non-hydrogen) atoms. The van der Waals surface area contributed by atoms with E-state index in [9.17, 15) is 4.79 Å². The standard InChI is InChI=1S/C20H22ClN3O/c1-14(2)10-11-24-18-9-4-3-8-17(18)23-19(24)13-22-20(25)15-6-5-7-16(21)12-15/h3-9,12,14H,10-11,13H2,1-2H3,(H,22,25). The lowest BCUT2D eigenvalue weighted by molar-refractivity contribution is 0.0949. The van der Waals surface area contributed by atoms with Gasteiger partial charge < -0.3 is 9.88 Å². The number of nitrogens with zero attached hydrogens (tertiary/aromatic N) is 2. The lowest BCUT2D eigenvalue weighted by Gasteiger charge is -2.12. The first-order chi connectivity index (χ1) is 12.0. The van der Waals surface area contributed by atoms with Crippen molar-refractivity contribution in [2.75, 3.05) is 0 Å². The van der Waals surface area contributed by atoms with Gasteiger partial charge in [0.15, 0.2) is 0 Å². The molecule has 0 fully saturated rings. The molecule has 0 atom stereocenters. The predicted molar refractivity (Wildman–Crippen MR) is 102 cm³/mol. The third-order valence-electron chi connectivity index (χ3n) is 4.16. The fourth-order valence-corrected chi connectivity index (χ4v) is 2.98. The summed E-state index contributed by atoms with van der Waals surface area (Å²) in [7, 11) is 0. The average molecular weight is 356 g/mol. The molecule has 3 rings (SSSR count). The number of aromatic nitrogens is 2. The highest BCUT2D eigenvalue weighted by molar-refractivity contribution is 6.30. The highest BCUT2D eigenvalue weighted by Crippen LogP contribution is 2.18. The van der Waals surface area contributed by atoms with Crippen molar-refractivity contribution in [3.05, 3.63) is 64.9 Å². The van der Waals surface area contributed by atoms with Gasteiger partial charge in [-0.3, -0.25) is 4.79 Å². The van der Waals surface area contributed by atoms with E-state index in [1.807, 2.05) is 18.2 Å². The van der Waals surface area contributed by atoms with E-state index >= 15 is 0 Å². The van der Waals surface area contributed by atoms with Crippen molar-refractivity contribution in [2.45, 2.75) is 33.4 Å². The average Bonchev–Trinajstić information content (AvgIpc) is 2.95. The number of nitrogens with one attached hydrogen (secondary N) is 1. The van der Waals surface area contributed by atoms with E-state index in [0.717, 1.165) is 29.8 Å². The second-order valence-corrected chi connectivity index (χ2v) is 6.98. The summed E-state index contributed by atoms with van der Waals surface area (Å²) in [4.78, 5) is 17.1. The van der Waals surface area contributed by atoms with Gasteiger partial charge in [0.1, 0.15) is 5.82 Å². The Hall–Kier alpha value is -2.33. The zero-order chi connectivity index (χ0) is 17.8. The Morgan fingerprint density at radius 3 is 2.76 bits per heavy atom. The van der Waals surface area contributed by atoms with Gasteiger partial charge in [0.25, 0.3) is 5.91 Å². The van der Waals surface area contributed by atoms with Crippen LogP contribution in [0.25, 0.3) is 11.0 Å².